The molecule has 1 N–H and O–H groups in total. The van der Waals surface area contributed by atoms with E-state index in [1.54, 1.807) is 36.5 Å². The Hall–Kier alpha value is -3.04. The molecule has 0 bridgehead atoms. The quantitative estimate of drug-likeness (QED) is 0.463. The summed E-state index contributed by atoms with van der Waals surface area (Å²) in [5, 5.41) is 12.7. The van der Waals surface area contributed by atoms with Crippen molar-refractivity contribution in [1.82, 2.24) is 19.7 Å². The molecule has 0 aliphatic heterocycles. The number of hydrogen-bond acceptors (Lipinski definition) is 6. The fourth-order valence-corrected chi connectivity index (χ4v) is 4.07. The molecular weight excluding hydrogens is 409 g/mol. The Morgan fingerprint density at radius 3 is 2.90 bits per heavy atom. The van der Waals surface area contributed by atoms with Crippen LogP contribution in [0.4, 0.5) is 9.52 Å². The highest BCUT2D eigenvalue weighted by Crippen LogP contribution is 2.22. The third-order valence-electron chi connectivity index (χ3n) is 4.16. The summed E-state index contributed by atoms with van der Waals surface area (Å²) in [7, 11) is 0. The molecule has 0 atom stereocenters. The summed E-state index contributed by atoms with van der Waals surface area (Å²) >= 11 is 2.75. The van der Waals surface area contributed by atoms with E-state index in [4.69, 9.17) is 0 Å². The first kappa shape index (κ1) is 19.3. The normalized spacial score (nSPS) is 10.8. The van der Waals surface area contributed by atoms with Crippen LogP contribution in [0, 0.1) is 5.82 Å². The van der Waals surface area contributed by atoms with E-state index in [0.717, 1.165) is 10.8 Å². The van der Waals surface area contributed by atoms with Gasteiger partial charge in [-0.3, -0.25) is 14.7 Å². The molecule has 0 spiro atoms. The minimum absolute atomic E-state index is 0.283. The number of carbonyl (C=O) groups excluding carboxylic acids is 1. The van der Waals surface area contributed by atoms with Gasteiger partial charge >= 0.3 is 0 Å². The smallest absolute Gasteiger partial charge is 0.257 e. The molecule has 29 heavy (non-hydrogen) atoms. The van der Waals surface area contributed by atoms with E-state index in [2.05, 4.69) is 20.5 Å². The molecule has 9 heteroatoms. The van der Waals surface area contributed by atoms with Crippen molar-refractivity contribution in [2.75, 3.05) is 11.6 Å². The first-order valence-corrected chi connectivity index (χ1v) is 10.7. The van der Waals surface area contributed by atoms with E-state index in [-0.39, 0.29) is 11.7 Å². The van der Waals surface area contributed by atoms with Crippen LogP contribution >= 0.6 is 23.1 Å². The lowest BCUT2D eigenvalue weighted by molar-refractivity contribution is 0.102. The van der Waals surface area contributed by atoms with Gasteiger partial charge in [0.1, 0.15) is 10.8 Å². The highest BCUT2D eigenvalue weighted by molar-refractivity contribution is 7.98. The highest BCUT2D eigenvalue weighted by atomic mass is 32.2. The SMILES string of the molecule is CSc1nccn1-c1cccc(C(=O)Nc2nnc(Cc3ccccc3F)s2)c1. The third kappa shape index (κ3) is 4.36. The van der Waals surface area contributed by atoms with E-state index in [0.29, 0.717) is 27.7 Å². The van der Waals surface area contributed by atoms with Crippen molar-refractivity contribution < 1.29 is 9.18 Å². The van der Waals surface area contributed by atoms with Crippen molar-refractivity contribution in [3.63, 3.8) is 0 Å². The molecule has 1 amide bonds. The van der Waals surface area contributed by atoms with Crippen molar-refractivity contribution in [2.24, 2.45) is 0 Å². The molecule has 0 fully saturated rings. The Bertz CT molecular complexity index is 1160. The molecule has 0 saturated heterocycles. The van der Waals surface area contributed by atoms with Crippen LogP contribution in [0.25, 0.3) is 5.69 Å². The molecular formula is C20H16FN5OS2. The molecule has 4 rings (SSSR count). The Morgan fingerprint density at radius 2 is 2.07 bits per heavy atom. The van der Waals surface area contributed by atoms with Crippen LogP contribution in [0.15, 0.2) is 66.1 Å². The van der Waals surface area contributed by atoms with Crippen molar-refractivity contribution in [3.05, 3.63) is 82.9 Å². The second-order valence-corrected chi connectivity index (χ2v) is 7.89. The fourth-order valence-electron chi connectivity index (χ4n) is 2.78. The van der Waals surface area contributed by atoms with Crippen LogP contribution in [0.2, 0.25) is 0 Å². The number of carbonyl (C=O) groups is 1. The van der Waals surface area contributed by atoms with Gasteiger partial charge in [-0.2, -0.15) is 0 Å². The minimum Gasteiger partial charge on any atom is -0.296 e. The van der Waals surface area contributed by atoms with Gasteiger partial charge in [0.2, 0.25) is 5.13 Å². The van der Waals surface area contributed by atoms with E-state index in [9.17, 15) is 9.18 Å². The fraction of sp³-hybridized carbons (Fsp3) is 0.100. The molecule has 0 radical (unpaired) electrons. The Balaban J connectivity index is 1.48. The van der Waals surface area contributed by atoms with Gasteiger partial charge in [-0.15, -0.1) is 10.2 Å². The Kier molecular flexibility index (Phi) is 5.68. The number of anilines is 1. The van der Waals surface area contributed by atoms with Crippen molar-refractivity contribution in [3.8, 4) is 5.69 Å². The summed E-state index contributed by atoms with van der Waals surface area (Å²) in [6.45, 7) is 0. The summed E-state index contributed by atoms with van der Waals surface area (Å²) in [5.41, 5.74) is 1.88. The minimum atomic E-state index is -0.286. The first-order valence-electron chi connectivity index (χ1n) is 8.69. The standard InChI is InChI=1S/C20H16FN5OS2/c1-28-20-22-9-10-26(20)15-7-4-6-14(11-15)18(27)23-19-25-24-17(29-19)12-13-5-2-3-8-16(13)21/h2-11H,12H2,1H3,(H,23,25,27). The highest BCUT2D eigenvalue weighted by Gasteiger charge is 2.13. The van der Waals surface area contributed by atoms with E-state index < -0.39 is 0 Å². The van der Waals surface area contributed by atoms with Crippen molar-refractivity contribution in [2.45, 2.75) is 11.6 Å². The third-order valence-corrected chi connectivity index (χ3v) is 5.67. The summed E-state index contributed by atoms with van der Waals surface area (Å²) in [4.78, 5) is 16.9. The number of amides is 1. The van der Waals surface area contributed by atoms with Crippen LogP contribution in [-0.2, 0) is 6.42 Å². The number of halogens is 1. The second-order valence-electron chi connectivity index (χ2n) is 6.06. The molecule has 2 aromatic heterocycles. The number of hydrogen-bond donors (Lipinski definition) is 1. The summed E-state index contributed by atoms with van der Waals surface area (Å²) in [6.07, 6.45) is 5.84. The van der Waals surface area contributed by atoms with Crippen LogP contribution < -0.4 is 5.32 Å². The largest absolute Gasteiger partial charge is 0.296 e. The molecule has 6 nitrogen and oxygen atoms in total. The molecule has 0 aliphatic rings. The second kappa shape index (κ2) is 8.54. The van der Waals surface area contributed by atoms with Crippen LogP contribution in [0.3, 0.4) is 0 Å². The molecule has 2 heterocycles. The van der Waals surface area contributed by atoms with Gasteiger partial charge in [-0.25, -0.2) is 9.37 Å². The van der Waals surface area contributed by atoms with Crippen LogP contribution in [-0.4, -0.2) is 31.9 Å². The van der Waals surface area contributed by atoms with E-state index in [1.807, 2.05) is 29.2 Å². The van der Waals surface area contributed by atoms with Gasteiger partial charge in [0.25, 0.3) is 5.91 Å². The van der Waals surface area contributed by atoms with Crippen molar-refractivity contribution >= 4 is 34.1 Å². The lowest BCUT2D eigenvalue weighted by atomic mass is 10.1. The zero-order valence-corrected chi connectivity index (χ0v) is 17.0. The van der Waals surface area contributed by atoms with Crippen molar-refractivity contribution in [1.29, 1.82) is 0 Å². The van der Waals surface area contributed by atoms with E-state index >= 15 is 0 Å². The van der Waals surface area contributed by atoms with Gasteiger partial charge in [-0.05, 0) is 36.1 Å². The molecule has 4 aromatic rings. The number of rotatable bonds is 6. The van der Waals surface area contributed by atoms with Gasteiger partial charge in [-0.1, -0.05) is 47.4 Å². The van der Waals surface area contributed by atoms with Gasteiger partial charge in [0, 0.05) is 30.1 Å². The molecule has 0 aliphatic carbocycles. The molecule has 146 valence electrons. The maximum atomic E-state index is 13.8. The maximum absolute atomic E-state index is 13.8. The van der Waals surface area contributed by atoms with Gasteiger partial charge in [0.05, 0.1) is 0 Å². The lowest BCUT2D eigenvalue weighted by Crippen LogP contribution is -2.12. The average molecular weight is 426 g/mol. The topological polar surface area (TPSA) is 72.7 Å². The molecule has 2 aromatic carbocycles. The number of aromatic nitrogens is 4. The lowest BCUT2D eigenvalue weighted by Gasteiger charge is -2.08. The zero-order chi connectivity index (χ0) is 20.2. The monoisotopic (exact) mass is 425 g/mol. The first-order chi connectivity index (χ1) is 14.1. The maximum Gasteiger partial charge on any atom is 0.257 e. The van der Waals surface area contributed by atoms with E-state index in [1.165, 1.54) is 29.2 Å². The molecule has 0 unspecified atom stereocenters. The Labute approximate surface area is 174 Å². The number of nitrogens with one attached hydrogen (secondary N) is 1. The summed E-state index contributed by atoms with van der Waals surface area (Å²) in [6, 6.07) is 13.8. The number of imidazole rings is 1. The van der Waals surface area contributed by atoms with Gasteiger partial charge < -0.3 is 0 Å². The summed E-state index contributed by atoms with van der Waals surface area (Å²) < 4.78 is 15.7. The summed E-state index contributed by atoms with van der Waals surface area (Å²) in [5.74, 6) is -0.569. The average Bonchev–Trinajstić information content (AvgIpc) is 3.39. The predicted octanol–water partition coefficient (Wildman–Crippen LogP) is 4.43. The number of thioether (sulfide) groups is 1. The number of nitrogens with zero attached hydrogens (tertiary/aromatic N) is 4. The number of benzene rings is 2. The Morgan fingerprint density at radius 1 is 1.21 bits per heavy atom. The molecule has 0 saturated carbocycles. The van der Waals surface area contributed by atoms with Crippen LogP contribution in [0.1, 0.15) is 20.9 Å². The predicted molar refractivity (Wildman–Crippen MR) is 112 cm³/mol. The van der Waals surface area contributed by atoms with Crippen LogP contribution in [0.5, 0.6) is 0 Å². The zero-order valence-electron chi connectivity index (χ0n) is 15.4. The van der Waals surface area contributed by atoms with Gasteiger partial charge in [0.15, 0.2) is 5.16 Å².